The van der Waals surface area contributed by atoms with E-state index < -0.39 is 26.0 Å². The average molecular weight is 470 g/mol. The van der Waals surface area contributed by atoms with Gasteiger partial charge in [-0.1, -0.05) is 0 Å². The smallest absolute Gasteiger partial charge is 0.255 e. The number of hydrogen-bond acceptors (Lipinski definition) is 6. The lowest BCUT2D eigenvalue weighted by Gasteiger charge is -2.20. The molecule has 2 aromatic carbocycles. The van der Waals surface area contributed by atoms with Gasteiger partial charge in [-0.3, -0.25) is 9.10 Å². The minimum Gasteiger partial charge on any atom is -0.495 e. The number of sulfonamides is 2. The van der Waals surface area contributed by atoms with Crippen LogP contribution in [-0.2, 0) is 20.0 Å². The zero-order chi connectivity index (χ0) is 23.4. The zero-order valence-electron chi connectivity index (χ0n) is 18.0. The van der Waals surface area contributed by atoms with E-state index in [0.29, 0.717) is 11.4 Å². The van der Waals surface area contributed by atoms with E-state index in [0.717, 1.165) is 6.26 Å². The first-order valence-corrected chi connectivity index (χ1v) is 12.8. The number of methoxy groups -OCH3 is 1. The number of amides is 1. The van der Waals surface area contributed by atoms with Crippen LogP contribution in [0.4, 0.5) is 11.4 Å². The summed E-state index contributed by atoms with van der Waals surface area (Å²) in [5.74, 6) is -0.207. The summed E-state index contributed by atoms with van der Waals surface area (Å²) in [6, 6.07) is 9.92. The number of anilines is 2. The first-order chi connectivity index (χ1) is 14.4. The molecule has 0 saturated heterocycles. The van der Waals surface area contributed by atoms with Crippen molar-refractivity contribution in [2.24, 2.45) is 0 Å². The van der Waals surface area contributed by atoms with E-state index in [2.05, 4.69) is 10.0 Å². The Morgan fingerprint density at radius 1 is 1.06 bits per heavy atom. The van der Waals surface area contributed by atoms with Gasteiger partial charge in [-0.05, 0) is 63.2 Å². The molecule has 0 aromatic heterocycles. The highest BCUT2D eigenvalue weighted by Crippen LogP contribution is 2.28. The predicted molar refractivity (Wildman–Crippen MR) is 121 cm³/mol. The molecule has 0 aliphatic rings. The standard InChI is InChI=1S/C20H27N3O6S2/c1-6-23(30(5,25)26)16-9-7-15(8-10-16)20(24)21-18-13-17(11-12-19(18)29-4)31(27,28)22-14(2)3/h7-14,22H,6H2,1-5H3,(H,21,24). The Hall–Kier alpha value is -2.63. The van der Waals surface area contributed by atoms with Gasteiger partial charge in [-0.25, -0.2) is 21.6 Å². The first kappa shape index (κ1) is 24.6. The third-order valence-electron chi connectivity index (χ3n) is 4.23. The largest absolute Gasteiger partial charge is 0.495 e. The van der Waals surface area contributed by atoms with Crippen LogP contribution < -0.4 is 19.1 Å². The summed E-state index contributed by atoms with van der Waals surface area (Å²) < 4.78 is 57.5. The Kier molecular flexibility index (Phi) is 7.68. The minimum atomic E-state index is -3.76. The molecule has 0 heterocycles. The van der Waals surface area contributed by atoms with E-state index in [-0.39, 0.29) is 28.7 Å². The van der Waals surface area contributed by atoms with Gasteiger partial charge in [0.1, 0.15) is 5.75 Å². The van der Waals surface area contributed by atoms with Gasteiger partial charge in [-0.15, -0.1) is 0 Å². The molecule has 0 bridgehead atoms. The molecular weight excluding hydrogens is 442 g/mol. The highest BCUT2D eigenvalue weighted by atomic mass is 32.2. The fourth-order valence-electron chi connectivity index (χ4n) is 2.91. The quantitative estimate of drug-likeness (QED) is 0.582. The molecule has 0 fully saturated rings. The molecule has 9 nitrogen and oxygen atoms in total. The van der Waals surface area contributed by atoms with Crippen molar-refractivity contribution in [1.29, 1.82) is 0 Å². The normalized spacial score (nSPS) is 11.9. The molecule has 170 valence electrons. The number of nitrogens with one attached hydrogen (secondary N) is 2. The maximum absolute atomic E-state index is 12.7. The van der Waals surface area contributed by atoms with E-state index in [1.165, 1.54) is 53.9 Å². The number of nitrogens with zero attached hydrogens (tertiary/aromatic N) is 1. The van der Waals surface area contributed by atoms with Gasteiger partial charge < -0.3 is 10.1 Å². The lowest BCUT2D eigenvalue weighted by Crippen LogP contribution is -2.30. The van der Waals surface area contributed by atoms with Gasteiger partial charge in [0.05, 0.1) is 29.6 Å². The summed E-state index contributed by atoms with van der Waals surface area (Å²) in [7, 11) is -5.78. The maximum Gasteiger partial charge on any atom is 0.255 e. The first-order valence-electron chi connectivity index (χ1n) is 9.48. The Bertz CT molecular complexity index is 1140. The van der Waals surface area contributed by atoms with E-state index >= 15 is 0 Å². The second-order valence-corrected chi connectivity index (χ2v) is 10.7. The van der Waals surface area contributed by atoms with Crippen molar-refractivity contribution in [3.63, 3.8) is 0 Å². The monoisotopic (exact) mass is 469 g/mol. The molecule has 1 amide bonds. The molecule has 2 aromatic rings. The molecule has 0 radical (unpaired) electrons. The van der Waals surface area contributed by atoms with Crippen LogP contribution in [0.1, 0.15) is 31.1 Å². The van der Waals surface area contributed by atoms with Crippen LogP contribution in [0.25, 0.3) is 0 Å². The number of rotatable bonds is 9. The van der Waals surface area contributed by atoms with Crippen LogP contribution in [0.3, 0.4) is 0 Å². The number of ether oxygens (including phenoxy) is 1. The van der Waals surface area contributed by atoms with E-state index in [4.69, 9.17) is 4.74 Å². The second-order valence-electron chi connectivity index (χ2n) is 7.07. The van der Waals surface area contributed by atoms with Crippen molar-refractivity contribution in [1.82, 2.24) is 4.72 Å². The molecule has 0 aliphatic carbocycles. The number of hydrogen-bond donors (Lipinski definition) is 2. The van der Waals surface area contributed by atoms with Crippen LogP contribution in [0.15, 0.2) is 47.4 Å². The van der Waals surface area contributed by atoms with E-state index in [9.17, 15) is 21.6 Å². The Morgan fingerprint density at radius 2 is 1.68 bits per heavy atom. The van der Waals surface area contributed by atoms with Gasteiger partial charge in [0.25, 0.3) is 5.91 Å². The number of carbonyl (C=O) groups excluding carboxylic acids is 1. The summed E-state index contributed by atoms with van der Waals surface area (Å²) in [6.07, 6.45) is 1.11. The number of carbonyl (C=O) groups is 1. The molecule has 0 saturated carbocycles. The van der Waals surface area contributed by atoms with E-state index in [1.807, 2.05) is 0 Å². The molecule has 0 unspecified atom stereocenters. The second kappa shape index (κ2) is 9.67. The molecular formula is C20H27N3O6S2. The highest BCUT2D eigenvalue weighted by Gasteiger charge is 2.20. The topological polar surface area (TPSA) is 122 Å². The molecule has 0 atom stereocenters. The number of benzene rings is 2. The maximum atomic E-state index is 12.7. The van der Waals surface area contributed by atoms with Crippen molar-refractivity contribution in [2.45, 2.75) is 31.7 Å². The van der Waals surface area contributed by atoms with Crippen LogP contribution in [-0.4, -0.2) is 48.7 Å². The highest BCUT2D eigenvalue weighted by molar-refractivity contribution is 7.92. The van der Waals surface area contributed by atoms with Crippen molar-refractivity contribution in [2.75, 3.05) is 29.5 Å². The van der Waals surface area contributed by atoms with E-state index in [1.54, 1.807) is 20.8 Å². The van der Waals surface area contributed by atoms with Gasteiger partial charge in [0.2, 0.25) is 20.0 Å². The Balaban J connectivity index is 2.31. The molecule has 0 aliphatic heterocycles. The summed E-state index contributed by atoms with van der Waals surface area (Å²) >= 11 is 0. The fraction of sp³-hybridized carbons (Fsp3) is 0.350. The molecule has 2 rings (SSSR count). The summed E-state index contributed by atoms with van der Waals surface area (Å²) in [5.41, 5.74) is 0.894. The average Bonchev–Trinajstić information content (AvgIpc) is 2.67. The van der Waals surface area contributed by atoms with Gasteiger partial charge in [0.15, 0.2) is 0 Å². The summed E-state index contributed by atoms with van der Waals surface area (Å²) in [4.78, 5) is 12.7. The third kappa shape index (κ3) is 6.18. The lowest BCUT2D eigenvalue weighted by molar-refractivity contribution is 0.102. The van der Waals surface area contributed by atoms with Crippen LogP contribution in [0.5, 0.6) is 5.75 Å². The third-order valence-corrected chi connectivity index (χ3v) is 7.15. The van der Waals surface area contributed by atoms with Gasteiger partial charge in [0, 0.05) is 18.2 Å². The van der Waals surface area contributed by atoms with Crippen LogP contribution in [0, 0.1) is 0 Å². The summed E-state index contributed by atoms with van der Waals surface area (Å²) in [6.45, 7) is 5.38. The Labute approximate surface area is 183 Å². The summed E-state index contributed by atoms with van der Waals surface area (Å²) in [5, 5.41) is 2.65. The van der Waals surface area contributed by atoms with Gasteiger partial charge in [-0.2, -0.15) is 0 Å². The van der Waals surface area contributed by atoms with Crippen LogP contribution in [0.2, 0.25) is 0 Å². The zero-order valence-corrected chi connectivity index (χ0v) is 19.7. The van der Waals surface area contributed by atoms with Crippen molar-refractivity contribution in [3.05, 3.63) is 48.0 Å². The molecule has 0 spiro atoms. The molecule has 31 heavy (non-hydrogen) atoms. The minimum absolute atomic E-state index is 0.0145. The SMILES string of the molecule is CCN(c1ccc(C(=O)Nc2cc(S(=O)(=O)NC(C)C)ccc2OC)cc1)S(C)(=O)=O. The van der Waals surface area contributed by atoms with Crippen molar-refractivity contribution < 1.29 is 26.4 Å². The van der Waals surface area contributed by atoms with Gasteiger partial charge >= 0.3 is 0 Å². The van der Waals surface area contributed by atoms with Crippen LogP contribution >= 0.6 is 0 Å². The molecule has 2 N–H and O–H groups in total. The predicted octanol–water partition coefficient (Wildman–Crippen LogP) is 2.42. The lowest BCUT2D eigenvalue weighted by atomic mass is 10.2. The van der Waals surface area contributed by atoms with Crippen molar-refractivity contribution in [3.8, 4) is 5.75 Å². The van der Waals surface area contributed by atoms with Crippen molar-refractivity contribution >= 4 is 37.3 Å². The Morgan fingerprint density at radius 3 is 2.16 bits per heavy atom. The molecule has 11 heteroatoms. The fourth-order valence-corrected chi connectivity index (χ4v) is 5.16.